The Morgan fingerprint density at radius 3 is 2.75 bits per heavy atom. The van der Waals surface area contributed by atoms with Crippen molar-refractivity contribution >= 4 is 22.2 Å². The van der Waals surface area contributed by atoms with Crippen molar-refractivity contribution in [1.29, 1.82) is 5.26 Å². The molecule has 1 aromatic rings. The monoisotopic (exact) mass is 227 g/mol. The minimum atomic E-state index is -0.686. The van der Waals surface area contributed by atoms with Gasteiger partial charge < -0.3 is 0 Å². The van der Waals surface area contributed by atoms with Crippen molar-refractivity contribution in [2.75, 3.05) is 0 Å². The first-order valence-electron chi connectivity index (χ1n) is 3.03. The quantitative estimate of drug-likeness (QED) is 0.691. The molecule has 0 aromatic heterocycles. The summed E-state index contributed by atoms with van der Waals surface area (Å²) in [6, 6.07) is 4.16. The van der Waals surface area contributed by atoms with Crippen LogP contribution in [0.15, 0.2) is 16.6 Å². The van der Waals surface area contributed by atoms with Crippen LogP contribution in [0.3, 0.4) is 0 Å². The third-order valence-electron chi connectivity index (χ3n) is 1.32. The molecule has 0 unspecified atom stereocenters. The van der Waals surface area contributed by atoms with Crippen molar-refractivity contribution in [1.82, 2.24) is 0 Å². The zero-order valence-electron chi connectivity index (χ0n) is 5.84. The Morgan fingerprint density at radius 1 is 1.58 bits per heavy atom. The van der Waals surface area contributed by atoms with Gasteiger partial charge in [-0.15, -0.1) is 0 Å². The first-order chi connectivity index (χ1) is 5.69. The minimum Gasteiger partial charge on any atom is -0.298 e. The summed E-state index contributed by atoms with van der Waals surface area (Å²) in [4.78, 5) is 10.4. The van der Waals surface area contributed by atoms with Gasteiger partial charge in [0.05, 0.1) is 5.56 Å². The average Bonchev–Trinajstić information content (AvgIpc) is 2.03. The molecule has 0 atom stereocenters. The summed E-state index contributed by atoms with van der Waals surface area (Å²) in [6.45, 7) is 0. The highest BCUT2D eigenvalue weighted by Crippen LogP contribution is 2.18. The van der Waals surface area contributed by atoms with Crippen molar-refractivity contribution in [2.24, 2.45) is 0 Å². The molecule has 0 spiro atoms. The lowest BCUT2D eigenvalue weighted by Crippen LogP contribution is -1.92. The number of hydrogen-bond donors (Lipinski definition) is 0. The van der Waals surface area contributed by atoms with Gasteiger partial charge in [0.1, 0.15) is 11.9 Å². The van der Waals surface area contributed by atoms with E-state index in [0.29, 0.717) is 10.8 Å². The second kappa shape index (κ2) is 3.46. The van der Waals surface area contributed by atoms with E-state index in [4.69, 9.17) is 5.26 Å². The van der Waals surface area contributed by atoms with E-state index in [-0.39, 0.29) is 11.1 Å². The number of rotatable bonds is 1. The van der Waals surface area contributed by atoms with E-state index >= 15 is 0 Å². The molecule has 60 valence electrons. The molecule has 0 N–H and O–H groups in total. The number of halogens is 2. The summed E-state index contributed by atoms with van der Waals surface area (Å²) in [7, 11) is 0. The van der Waals surface area contributed by atoms with Crippen LogP contribution in [0.5, 0.6) is 0 Å². The maximum Gasteiger partial charge on any atom is 0.151 e. The van der Waals surface area contributed by atoms with Crippen molar-refractivity contribution in [3.05, 3.63) is 33.5 Å². The molecule has 0 aliphatic carbocycles. The number of carbonyl (C=O) groups is 1. The Labute approximate surface area is 76.7 Å². The van der Waals surface area contributed by atoms with E-state index in [9.17, 15) is 9.18 Å². The maximum atomic E-state index is 12.9. The standard InChI is InChI=1S/C8H3BrFNO/c9-6-1-5(4-12)7(3-11)8(10)2-6/h1-2,4H. The van der Waals surface area contributed by atoms with Crippen LogP contribution in [0, 0.1) is 17.1 Å². The zero-order valence-corrected chi connectivity index (χ0v) is 7.43. The van der Waals surface area contributed by atoms with Crippen molar-refractivity contribution in [2.45, 2.75) is 0 Å². The molecular formula is C8H3BrFNO. The molecule has 1 aromatic carbocycles. The summed E-state index contributed by atoms with van der Waals surface area (Å²) in [5, 5.41) is 8.46. The highest BCUT2D eigenvalue weighted by Gasteiger charge is 2.08. The molecule has 0 heterocycles. The van der Waals surface area contributed by atoms with E-state index in [1.165, 1.54) is 6.07 Å². The van der Waals surface area contributed by atoms with Gasteiger partial charge in [-0.3, -0.25) is 4.79 Å². The first kappa shape index (κ1) is 8.88. The van der Waals surface area contributed by atoms with Gasteiger partial charge >= 0.3 is 0 Å². The number of nitriles is 1. The lowest BCUT2D eigenvalue weighted by Gasteiger charge is -1.97. The molecule has 0 fully saturated rings. The Hall–Kier alpha value is -1.21. The first-order valence-corrected chi connectivity index (χ1v) is 3.82. The van der Waals surface area contributed by atoms with Gasteiger partial charge in [-0.1, -0.05) is 15.9 Å². The second-order valence-corrected chi connectivity index (χ2v) is 3.00. The average molecular weight is 228 g/mol. The third-order valence-corrected chi connectivity index (χ3v) is 1.78. The lowest BCUT2D eigenvalue weighted by atomic mass is 10.1. The smallest absolute Gasteiger partial charge is 0.151 e. The van der Waals surface area contributed by atoms with Crippen LogP contribution in [-0.4, -0.2) is 6.29 Å². The fourth-order valence-corrected chi connectivity index (χ4v) is 1.25. The molecule has 0 amide bonds. The van der Waals surface area contributed by atoms with Gasteiger partial charge in [-0.05, 0) is 12.1 Å². The van der Waals surface area contributed by atoms with Crippen LogP contribution in [0.4, 0.5) is 4.39 Å². The number of aldehydes is 1. The Balaban J connectivity index is 3.46. The molecule has 0 bridgehead atoms. The Morgan fingerprint density at radius 2 is 2.25 bits per heavy atom. The topological polar surface area (TPSA) is 40.9 Å². The van der Waals surface area contributed by atoms with Crippen molar-refractivity contribution in [3.63, 3.8) is 0 Å². The number of nitrogens with zero attached hydrogens (tertiary/aromatic N) is 1. The van der Waals surface area contributed by atoms with Crippen LogP contribution < -0.4 is 0 Å². The van der Waals surface area contributed by atoms with E-state index in [0.717, 1.165) is 6.07 Å². The summed E-state index contributed by atoms with van der Waals surface area (Å²) in [5.74, 6) is -0.686. The van der Waals surface area contributed by atoms with Gasteiger partial charge in [-0.2, -0.15) is 5.26 Å². The molecule has 0 saturated carbocycles. The van der Waals surface area contributed by atoms with E-state index < -0.39 is 5.82 Å². The Bertz CT molecular complexity index is 370. The molecule has 0 aliphatic heterocycles. The summed E-state index contributed by atoms with van der Waals surface area (Å²) in [5.41, 5.74) is -0.155. The third kappa shape index (κ3) is 1.51. The summed E-state index contributed by atoms with van der Waals surface area (Å²) in [6.07, 6.45) is 0.451. The lowest BCUT2D eigenvalue weighted by molar-refractivity contribution is 0.112. The van der Waals surface area contributed by atoms with Crippen LogP contribution in [0.2, 0.25) is 0 Å². The normalized spacial score (nSPS) is 9.08. The van der Waals surface area contributed by atoms with Gasteiger partial charge in [-0.25, -0.2) is 4.39 Å². The van der Waals surface area contributed by atoms with Gasteiger partial charge in [0.2, 0.25) is 0 Å². The Kier molecular flexibility index (Phi) is 2.56. The zero-order chi connectivity index (χ0) is 9.14. The molecule has 1 rings (SSSR count). The van der Waals surface area contributed by atoms with Crippen LogP contribution in [0.25, 0.3) is 0 Å². The SMILES string of the molecule is N#Cc1c(F)cc(Br)cc1C=O. The summed E-state index contributed by atoms with van der Waals surface area (Å²) >= 11 is 3.01. The number of carbonyl (C=O) groups excluding carboxylic acids is 1. The highest BCUT2D eigenvalue weighted by molar-refractivity contribution is 9.10. The van der Waals surface area contributed by atoms with Crippen LogP contribution >= 0.6 is 15.9 Å². The molecule has 0 radical (unpaired) electrons. The van der Waals surface area contributed by atoms with Crippen LogP contribution in [-0.2, 0) is 0 Å². The molecular weight excluding hydrogens is 225 g/mol. The van der Waals surface area contributed by atoms with Crippen LogP contribution in [0.1, 0.15) is 15.9 Å². The molecule has 0 aliphatic rings. The molecule has 0 saturated heterocycles. The van der Waals surface area contributed by atoms with E-state index in [2.05, 4.69) is 15.9 Å². The second-order valence-electron chi connectivity index (χ2n) is 2.08. The van der Waals surface area contributed by atoms with Gasteiger partial charge in [0.15, 0.2) is 6.29 Å². The maximum absolute atomic E-state index is 12.9. The minimum absolute atomic E-state index is 0.0596. The predicted molar refractivity (Wildman–Crippen MR) is 44.2 cm³/mol. The molecule has 12 heavy (non-hydrogen) atoms. The van der Waals surface area contributed by atoms with Crippen molar-refractivity contribution in [3.8, 4) is 6.07 Å². The van der Waals surface area contributed by atoms with E-state index in [1.54, 1.807) is 6.07 Å². The van der Waals surface area contributed by atoms with E-state index in [1.807, 2.05) is 0 Å². The molecule has 4 heteroatoms. The largest absolute Gasteiger partial charge is 0.298 e. The predicted octanol–water partition coefficient (Wildman–Crippen LogP) is 2.27. The summed E-state index contributed by atoms with van der Waals surface area (Å²) < 4.78 is 13.3. The fraction of sp³-hybridized carbons (Fsp3) is 0. The number of hydrogen-bond acceptors (Lipinski definition) is 2. The van der Waals surface area contributed by atoms with Gasteiger partial charge in [0.25, 0.3) is 0 Å². The fourth-order valence-electron chi connectivity index (χ4n) is 0.804. The highest BCUT2D eigenvalue weighted by atomic mass is 79.9. The molecule has 2 nitrogen and oxygen atoms in total. The van der Waals surface area contributed by atoms with Crippen molar-refractivity contribution < 1.29 is 9.18 Å². The number of benzene rings is 1. The van der Waals surface area contributed by atoms with Gasteiger partial charge in [0, 0.05) is 10.0 Å².